The molecule has 6 nitrogen and oxygen atoms in total. The summed E-state index contributed by atoms with van der Waals surface area (Å²) in [5.74, 6) is -1.23. The lowest BCUT2D eigenvalue weighted by atomic mass is 10.2. The van der Waals surface area contributed by atoms with E-state index >= 15 is 0 Å². The molecule has 1 aromatic rings. The van der Waals surface area contributed by atoms with Crippen molar-refractivity contribution in [2.45, 2.75) is 25.1 Å². The Morgan fingerprint density at radius 1 is 1.48 bits per heavy atom. The second-order valence-corrected chi connectivity index (χ2v) is 4.64. The van der Waals surface area contributed by atoms with Crippen LogP contribution in [0, 0.1) is 0 Å². The largest absolute Gasteiger partial charge is 0.433 e. The molecule has 0 aromatic carbocycles. The number of nitrogens with zero attached hydrogens (tertiary/aromatic N) is 1. The molecular weight excluding hydrogens is 289 g/mol. The topological polar surface area (TPSA) is 97.1 Å². The molecule has 0 saturated carbocycles. The lowest BCUT2D eigenvalue weighted by molar-refractivity contribution is -0.141. The van der Waals surface area contributed by atoms with Crippen LogP contribution in [-0.2, 0) is 11.0 Å². The van der Waals surface area contributed by atoms with Gasteiger partial charge in [-0.15, -0.1) is 0 Å². The monoisotopic (exact) mass is 302 g/mol. The van der Waals surface area contributed by atoms with Crippen LogP contribution in [0.15, 0.2) is 12.1 Å². The highest BCUT2D eigenvalue weighted by Crippen LogP contribution is 2.29. The van der Waals surface area contributed by atoms with Gasteiger partial charge >= 0.3 is 6.18 Å². The van der Waals surface area contributed by atoms with E-state index in [1.807, 2.05) is 0 Å². The summed E-state index contributed by atoms with van der Waals surface area (Å²) >= 11 is 0. The van der Waals surface area contributed by atoms with Crippen molar-refractivity contribution in [2.75, 3.05) is 11.9 Å². The Morgan fingerprint density at radius 3 is 2.71 bits per heavy atom. The number of primary amides is 1. The summed E-state index contributed by atoms with van der Waals surface area (Å²) < 4.78 is 37.9. The molecule has 1 atom stereocenters. The molecule has 0 spiro atoms. The lowest BCUT2D eigenvalue weighted by Gasteiger charge is -2.15. The van der Waals surface area contributed by atoms with Gasteiger partial charge in [0.25, 0.3) is 5.91 Å². The van der Waals surface area contributed by atoms with Crippen molar-refractivity contribution in [3.63, 3.8) is 0 Å². The second kappa shape index (κ2) is 5.58. The minimum absolute atomic E-state index is 0.117. The number of hydrogen-bond donors (Lipinski definition) is 3. The van der Waals surface area contributed by atoms with Gasteiger partial charge in [0.05, 0.1) is 5.56 Å². The number of alkyl halides is 3. The molecule has 1 aliphatic heterocycles. The summed E-state index contributed by atoms with van der Waals surface area (Å²) in [5.41, 5.74) is 3.86. The van der Waals surface area contributed by atoms with Gasteiger partial charge in [0.15, 0.2) is 0 Å². The van der Waals surface area contributed by atoms with E-state index in [1.54, 1.807) is 0 Å². The van der Waals surface area contributed by atoms with Gasteiger partial charge in [0.1, 0.15) is 11.5 Å². The molecule has 2 amide bonds. The van der Waals surface area contributed by atoms with Crippen molar-refractivity contribution in [1.29, 1.82) is 0 Å². The van der Waals surface area contributed by atoms with Crippen LogP contribution in [-0.4, -0.2) is 29.4 Å². The van der Waals surface area contributed by atoms with Crippen molar-refractivity contribution >= 4 is 17.6 Å². The summed E-state index contributed by atoms with van der Waals surface area (Å²) in [6.45, 7) is 0.167. The normalized spacial score (nSPS) is 18.4. The predicted molar refractivity (Wildman–Crippen MR) is 67.4 cm³/mol. The van der Waals surface area contributed by atoms with Crippen LogP contribution in [0.25, 0.3) is 0 Å². The molecule has 2 heterocycles. The van der Waals surface area contributed by atoms with E-state index < -0.39 is 17.8 Å². The SMILES string of the molecule is NC(=O)c1ccc(C(F)(F)F)nc1NCC1CCC(=O)N1. The second-order valence-electron chi connectivity index (χ2n) is 4.64. The van der Waals surface area contributed by atoms with Gasteiger partial charge < -0.3 is 16.4 Å². The quantitative estimate of drug-likeness (QED) is 0.769. The standard InChI is InChI=1S/C12H13F3N4O2/c13-12(14,15)8-3-2-7(10(16)21)11(19-8)17-5-6-1-4-9(20)18-6/h2-3,6H,1,4-5H2,(H2,16,21)(H,17,19)(H,18,20). The molecule has 0 bridgehead atoms. The first-order valence-electron chi connectivity index (χ1n) is 6.18. The number of aromatic nitrogens is 1. The smallest absolute Gasteiger partial charge is 0.367 e. The van der Waals surface area contributed by atoms with Crippen LogP contribution in [0.3, 0.4) is 0 Å². The number of hydrogen-bond acceptors (Lipinski definition) is 4. The van der Waals surface area contributed by atoms with E-state index in [1.165, 1.54) is 0 Å². The van der Waals surface area contributed by atoms with Crippen LogP contribution < -0.4 is 16.4 Å². The zero-order valence-corrected chi connectivity index (χ0v) is 10.8. The van der Waals surface area contributed by atoms with Gasteiger partial charge in [0.2, 0.25) is 5.91 Å². The minimum atomic E-state index is -4.62. The van der Waals surface area contributed by atoms with Crippen molar-refractivity contribution < 1.29 is 22.8 Å². The molecule has 21 heavy (non-hydrogen) atoms. The summed E-state index contributed by atoms with van der Waals surface area (Å²) in [7, 11) is 0. The van der Waals surface area contributed by atoms with E-state index in [9.17, 15) is 22.8 Å². The molecule has 2 rings (SSSR count). The van der Waals surface area contributed by atoms with Crippen LogP contribution in [0.5, 0.6) is 0 Å². The first-order chi connectivity index (χ1) is 9.77. The molecule has 1 saturated heterocycles. The Kier molecular flexibility index (Phi) is 4.01. The Morgan fingerprint density at radius 2 is 2.19 bits per heavy atom. The molecule has 114 valence electrons. The van der Waals surface area contributed by atoms with Crippen molar-refractivity contribution in [3.05, 3.63) is 23.4 Å². The fraction of sp³-hybridized carbons (Fsp3) is 0.417. The fourth-order valence-electron chi connectivity index (χ4n) is 2.00. The van der Waals surface area contributed by atoms with Crippen molar-refractivity contribution in [2.24, 2.45) is 5.73 Å². The number of amides is 2. The predicted octanol–water partition coefficient (Wildman–Crippen LogP) is 0.890. The van der Waals surface area contributed by atoms with E-state index in [0.717, 1.165) is 6.07 Å². The zero-order valence-electron chi connectivity index (χ0n) is 10.8. The van der Waals surface area contributed by atoms with Crippen LogP contribution in [0.1, 0.15) is 28.9 Å². The first kappa shape index (κ1) is 15.1. The lowest BCUT2D eigenvalue weighted by Crippen LogP contribution is -2.32. The minimum Gasteiger partial charge on any atom is -0.367 e. The number of pyridine rings is 1. The molecule has 1 unspecified atom stereocenters. The van der Waals surface area contributed by atoms with Gasteiger partial charge in [-0.3, -0.25) is 9.59 Å². The third-order valence-corrected chi connectivity index (χ3v) is 3.05. The maximum atomic E-state index is 12.6. The van der Waals surface area contributed by atoms with Crippen LogP contribution >= 0.6 is 0 Å². The summed E-state index contributed by atoms with van der Waals surface area (Å²) in [6, 6.07) is 1.46. The molecule has 0 radical (unpaired) electrons. The van der Waals surface area contributed by atoms with Crippen LogP contribution in [0.2, 0.25) is 0 Å². The molecule has 4 N–H and O–H groups in total. The third-order valence-electron chi connectivity index (χ3n) is 3.05. The van der Waals surface area contributed by atoms with Gasteiger partial charge in [-0.05, 0) is 18.6 Å². The van der Waals surface area contributed by atoms with E-state index in [2.05, 4.69) is 15.6 Å². The summed E-state index contributed by atoms with van der Waals surface area (Å²) in [4.78, 5) is 25.7. The Hall–Kier alpha value is -2.32. The van der Waals surface area contributed by atoms with Gasteiger partial charge in [-0.25, -0.2) is 4.98 Å². The highest BCUT2D eigenvalue weighted by atomic mass is 19.4. The van der Waals surface area contributed by atoms with Gasteiger partial charge in [0, 0.05) is 19.0 Å². The number of rotatable bonds is 4. The number of carbonyl (C=O) groups is 2. The third kappa shape index (κ3) is 3.61. The van der Waals surface area contributed by atoms with E-state index in [4.69, 9.17) is 5.73 Å². The van der Waals surface area contributed by atoms with Crippen LogP contribution in [0.4, 0.5) is 19.0 Å². The number of anilines is 1. The average Bonchev–Trinajstić information content (AvgIpc) is 2.80. The molecule has 1 aromatic heterocycles. The number of carbonyl (C=O) groups excluding carboxylic acids is 2. The highest BCUT2D eigenvalue weighted by Gasteiger charge is 2.33. The molecule has 0 aliphatic carbocycles. The zero-order chi connectivity index (χ0) is 15.6. The van der Waals surface area contributed by atoms with Crippen molar-refractivity contribution in [1.82, 2.24) is 10.3 Å². The van der Waals surface area contributed by atoms with E-state index in [-0.39, 0.29) is 29.9 Å². The van der Waals surface area contributed by atoms with Gasteiger partial charge in [-0.1, -0.05) is 0 Å². The maximum Gasteiger partial charge on any atom is 0.433 e. The number of nitrogens with one attached hydrogen (secondary N) is 2. The molecule has 9 heteroatoms. The molecule has 1 aliphatic rings. The molecular formula is C12H13F3N4O2. The summed E-state index contributed by atoms with van der Waals surface area (Å²) in [5, 5.41) is 5.29. The maximum absolute atomic E-state index is 12.6. The Balaban J connectivity index is 2.18. The van der Waals surface area contributed by atoms with Crippen molar-refractivity contribution in [3.8, 4) is 0 Å². The Bertz CT molecular complexity index is 574. The Labute approximate surface area is 117 Å². The average molecular weight is 302 g/mol. The fourth-order valence-corrected chi connectivity index (χ4v) is 2.00. The number of nitrogens with two attached hydrogens (primary N) is 1. The summed E-state index contributed by atoms with van der Waals surface area (Å²) in [6.07, 6.45) is -3.68. The highest BCUT2D eigenvalue weighted by molar-refractivity contribution is 5.97. The first-order valence-corrected chi connectivity index (χ1v) is 6.18. The van der Waals surface area contributed by atoms with E-state index in [0.29, 0.717) is 18.9 Å². The van der Waals surface area contributed by atoms with Gasteiger partial charge in [-0.2, -0.15) is 13.2 Å². The number of halogens is 3. The molecule has 1 fully saturated rings.